The van der Waals surface area contributed by atoms with E-state index in [0.717, 1.165) is 0 Å². The fourth-order valence-corrected chi connectivity index (χ4v) is 7.76. The maximum Gasteiger partial charge on any atom is 0.0713 e. The van der Waals surface area contributed by atoms with Crippen molar-refractivity contribution in [2.24, 2.45) is 0 Å². The van der Waals surface area contributed by atoms with Crippen LogP contribution in [0.2, 0.25) is 0 Å². The number of fused-ring (bicyclic) bond motifs is 5. The summed E-state index contributed by atoms with van der Waals surface area (Å²) in [4.78, 5) is 0. The average Bonchev–Trinajstić information content (AvgIpc) is 3.41. The molecule has 0 fully saturated rings. The minimum absolute atomic E-state index is 0.402. The molecule has 46 heavy (non-hydrogen) atoms. The number of rotatable bonds is 4. The van der Waals surface area contributed by atoms with Crippen LogP contribution in [0.3, 0.4) is 0 Å². The van der Waals surface area contributed by atoms with Gasteiger partial charge >= 0.3 is 0 Å². The average molecular weight is 585 g/mol. The SMILES string of the molecule is Cc1ccc2c(c1)C(c1ccccc1)(c1ccccc1)c1cc(-c3ccc4cc(-c5ccc6ccccc6c5)ccc4c3)ccc1-2. The van der Waals surface area contributed by atoms with Crippen LogP contribution in [-0.4, -0.2) is 0 Å². The van der Waals surface area contributed by atoms with Crippen molar-refractivity contribution >= 4 is 21.5 Å². The molecule has 216 valence electrons. The third-order valence-electron chi connectivity index (χ3n) is 9.96. The van der Waals surface area contributed by atoms with Gasteiger partial charge in [0.25, 0.3) is 0 Å². The molecule has 0 radical (unpaired) electrons. The summed E-state index contributed by atoms with van der Waals surface area (Å²) in [5.74, 6) is 0. The second kappa shape index (κ2) is 10.4. The molecule has 0 amide bonds. The van der Waals surface area contributed by atoms with Crippen LogP contribution >= 0.6 is 0 Å². The summed E-state index contributed by atoms with van der Waals surface area (Å²) in [6, 6.07) is 65.2. The van der Waals surface area contributed by atoms with E-state index in [2.05, 4.69) is 183 Å². The summed E-state index contributed by atoms with van der Waals surface area (Å²) in [6.45, 7) is 2.20. The van der Waals surface area contributed by atoms with E-state index in [4.69, 9.17) is 0 Å². The molecule has 0 aliphatic heterocycles. The molecule has 1 aliphatic carbocycles. The molecule has 0 saturated carbocycles. The van der Waals surface area contributed by atoms with Crippen molar-refractivity contribution < 1.29 is 0 Å². The van der Waals surface area contributed by atoms with Gasteiger partial charge in [0.2, 0.25) is 0 Å². The number of benzene rings is 8. The van der Waals surface area contributed by atoms with Crippen LogP contribution in [0.15, 0.2) is 176 Å². The molecule has 0 heteroatoms. The Balaban J connectivity index is 1.20. The van der Waals surface area contributed by atoms with E-state index in [1.807, 2.05) is 0 Å². The molecule has 8 aromatic carbocycles. The van der Waals surface area contributed by atoms with Gasteiger partial charge in [-0.3, -0.25) is 0 Å². The quantitative estimate of drug-likeness (QED) is 0.193. The van der Waals surface area contributed by atoms with E-state index >= 15 is 0 Å². The zero-order chi connectivity index (χ0) is 30.7. The fraction of sp³-hybridized carbons (Fsp3) is 0.0435. The lowest BCUT2D eigenvalue weighted by atomic mass is 9.67. The summed E-state index contributed by atoms with van der Waals surface area (Å²) in [5, 5.41) is 5.04. The molecule has 9 rings (SSSR count). The maximum absolute atomic E-state index is 2.45. The summed E-state index contributed by atoms with van der Waals surface area (Å²) < 4.78 is 0. The number of aryl methyl sites for hydroxylation is 1. The lowest BCUT2D eigenvalue weighted by Gasteiger charge is -2.34. The highest BCUT2D eigenvalue weighted by Gasteiger charge is 2.46. The van der Waals surface area contributed by atoms with Crippen molar-refractivity contribution in [2.45, 2.75) is 12.3 Å². The van der Waals surface area contributed by atoms with E-state index in [1.54, 1.807) is 0 Å². The van der Waals surface area contributed by atoms with Gasteiger partial charge in [-0.2, -0.15) is 0 Å². The first-order valence-corrected chi connectivity index (χ1v) is 16.1. The molecule has 8 aromatic rings. The maximum atomic E-state index is 2.45. The lowest BCUT2D eigenvalue weighted by Crippen LogP contribution is -2.28. The largest absolute Gasteiger partial charge is 0.0713 e. The lowest BCUT2D eigenvalue weighted by molar-refractivity contribution is 0.768. The molecule has 0 nitrogen and oxygen atoms in total. The van der Waals surface area contributed by atoms with Crippen molar-refractivity contribution in [3.05, 3.63) is 204 Å². The first kappa shape index (κ1) is 26.7. The second-order valence-electron chi connectivity index (χ2n) is 12.6. The fourth-order valence-electron chi connectivity index (χ4n) is 7.76. The van der Waals surface area contributed by atoms with E-state index < -0.39 is 5.41 Å². The monoisotopic (exact) mass is 584 g/mol. The molecular weight excluding hydrogens is 553 g/mol. The van der Waals surface area contributed by atoms with Crippen LogP contribution < -0.4 is 0 Å². The second-order valence-corrected chi connectivity index (χ2v) is 12.6. The van der Waals surface area contributed by atoms with Gasteiger partial charge in [-0.05, 0) is 108 Å². The highest BCUT2D eigenvalue weighted by Crippen LogP contribution is 2.57. The molecule has 0 N–H and O–H groups in total. The molecular formula is C46H32. The third-order valence-corrected chi connectivity index (χ3v) is 9.96. The normalized spacial score (nSPS) is 13.1. The van der Waals surface area contributed by atoms with Crippen LogP contribution in [0.4, 0.5) is 0 Å². The zero-order valence-electron chi connectivity index (χ0n) is 25.7. The van der Waals surface area contributed by atoms with Gasteiger partial charge in [-0.25, -0.2) is 0 Å². The van der Waals surface area contributed by atoms with Gasteiger partial charge in [-0.1, -0.05) is 157 Å². The topological polar surface area (TPSA) is 0 Å². The van der Waals surface area contributed by atoms with E-state index in [1.165, 1.54) is 82.7 Å². The van der Waals surface area contributed by atoms with Crippen molar-refractivity contribution in [1.29, 1.82) is 0 Å². The van der Waals surface area contributed by atoms with Gasteiger partial charge in [0, 0.05) is 0 Å². The first-order chi connectivity index (χ1) is 22.7. The van der Waals surface area contributed by atoms with Gasteiger partial charge in [0.15, 0.2) is 0 Å². The first-order valence-electron chi connectivity index (χ1n) is 16.1. The Morgan fingerprint density at radius 2 is 0.739 bits per heavy atom. The Morgan fingerprint density at radius 3 is 1.33 bits per heavy atom. The Kier molecular flexibility index (Phi) is 6.05. The Hall–Kier alpha value is -5.72. The Bertz CT molecular complexity index is 2380. The summed E-state index contributed by atoms with van der Waals surface area (Å²) in [5.41, 5.74) is 13.8. The highest BCUT2D eigenvalue weighted by molar-refractivity contribution is 5.94. The third kappa shape index (κ3) is 4.07. The summed E-state index contributed by atoms with van der Waals surface area (Å²) in [7, 11) is 0. The minimum Gasteiger partial charge on any atom is -0.0622 e. The van der Waals surface area contributed by atoms with Gasteiger partial charge in [0.1, 0.15) is 0 Å². The standard InChI is InChI=1S/C46H32/c1-31-16-24-42-43-25-23-39(30-45(43)46(44(42)26-31,40-12-4-2-5-13-40)41-14-6-3-7-15-41)38-22-21-36-28-35(19-20-37(36)29-38)34-18-17-32-10-8-9-11-33(32)27-34/h2-30H,1H3. The van der Waals surface area contributed by atoms with Crippen LogP contribution in [-0.2, 0) is 5.41 Å². The molecule has 0 atom stereocenters. The molecule has 1 aliphatic rings. The summed E-state index contributed by atoms with van der Waals surface area (Å²) >= 11 is 0. The predicted octanol–water partition coefficient (Wildman–Crippen LogP) is 12.0. The van der Waals surface area contributed by atoms with Gasteiger partial charge < -0.3 is 0 Å². The predicted molar refractivity (Wildman–Crippen MR) is 194 cm³/mol. The molecule has 0 bridgehead atoms. The molecule has 0 heterocycles. The zero-order valence-corrected chi connectivity index (χ0v) is 25.7. The van der Waals surface area contributed by atoms with Crippen LogP contribution in [0.25, 0.3) is 54.9 Å². The molecule has 0 unspecified atom stereocenters. The number of hydrogen-bond donors (Lipinski definition) is 0. The molecule has 0 spiro atoms. The van der Waals surface area contributed by atoms with Gasteiger partial charge in [-0.15, -0.1) is 0 Å². The van der Waals surface area contributed by atoms with Crippen molar-refractivity contribution in [1.82, 2.24) is 0 Å². The molecule has 0 aromatic heterocycles. The smallest absolute Gasteiger partial charge is 0.0622 e. The van der Waals surface area contributed by atoms with Crippen molar-refractivity contribution in [3.8, 4) is 33.4 Å². The van der Waals surface area contributed by atoms with Crippen LogP contribution in [0, 0.1) is 6.92 Å². The van der Waals surface area contributed by atoms with Crippen molar-refractivity contribution in [2.75, 3.05) is 0 Å². The van der Waals surface area contributed by atoms with E-state index in [9.17, 15) is 0 Å². The molecule has 0 saturated heterocycles. The van der Waals surface area contributed by atoms with E-state index in [-0.39, 0.29) is 0 Å². The number of hydrogen-bond acceptors (Lipinski definition) is 0. The van der Waals surface area contributed by atoms with Crippen LogP contribution in [0.1, 0.15) is 27.8 Å². The van der Waals surface area contributed by atoms with Crippen molar-refractivity contribution in [3.63, 3.8) is 0 Å². The Morgan fingerprint density at radius 1 is 0.326 bits per heavy atom. The Labute approximate surface area is 270 Å². The van der Waals surface area contributed by atoms with Gasteiger partial charge in [0.05, 0.1) is 5.41 Å². The van der Waals surface area contributed by atoms with Crippen LogP contribution in [0.5, 0.6) is 0 Å². The summed E-state index contributed by atoms with van der Waals surface area (Å²) in [6.07, 6.45) is 0. The van der Waals surface area contributed by atoms with E-state index in [0.29, 0.717) is 0 Å². The highest BCUT2D eigenvalue weighted by atomic mass is 14.5. The minimum atomic E-state index is -0.402.